The van der Waals surface area contributed by atoms with Crippen molar-refractivity contribution in [3.05, 3.63) is 23.5 Å². The van der Waals surface area contributed by atoms with E-state index in [4.69, 9.17) is 14.3 Å². The number of furan rings is 1. The van der Waals surface area contributed by atoms with Crippen LogP contribution in [0.15, 0.2) is 16.5 Å². The number of ether oxygens (including phenoxy) is 1. The predicted molar refractivity (Wildman–Crippen MR) is 56.1 cm³/mol. The van der Waals surface area contributed by atoms with Gasteiger partial charge in [-0.25, -0.2) is 4.79 Å². The number of phenols is 1. The lowest BCUT2D eigenvalue weighted by Gasteiger charge is -2.02. The lowest BCUT2D eigenvalue weighted by Crippen LogP contribution is -1.97. The summed E-state index contributed by atoms with van der Waals surface area (Å²) in [6, 6.07) is 2.71. The molecule has 0 atom stereocenters. The third-order valence-corrected chi connectivity index (χ3v) is 2.35. The lowest BCUT2D eigenvalue weighted by molar-refractivity contribution is 0.0696. The molecule has 0 saturated carbocycles. The summed E-state index contributed by atoms with van der Waals surface area (Å²) in [4.78, 5) is 11.1. The Hall–Kier alpha value is -2.17. The van der Waals surface area contributed by atoms with Gasteiger partial charge in [0.25, 0.3) is 0 Å². The molecule has 0 bridgehead atoms. The number of aromatic carboxylic acids is 1. The SMILES string of the molecule is COc1cc(O)cc2oc(C)c(C(=O)O)c12. The van der Waals surface area contributed by atoms with Crippen LogP contribution in [-0.4, -0.2) is 23.3 Å². The van der Waals surface area contributed by atoms with Crippen LogP contribution in [-0.2, 0) is 0 Å². The number of fused-ring (bicyclic) bond motifs is 1. The number of rotatable bonds is 2. The van der Waals surface area contributed by atoms with Crippen molar-refractivity contribution < 1.29 is 24.2 Å². The molecule has 84 valence electrons. The highest BCUT2D eigenvalue weighted by Crippen LogP contribution is 2.36. The van der Waals surface area contributed by atoms with Gasteiger partial charge in [-0.3, -0.25) is 0 Å². The van der Waals surface area contributed by atoms with Crippen LogP contribution in [0.3, 0.4) is 0 Å². The Balaban J connectivity index is 2.91. The molecule has 0 saturated heterocycles. The van der Waals surface area contributed by atoms with Crippen molar-refractivity contribution >= 4 is 16.9 Å². The van der Waals surface area contributed by atoms with Crippen LogP contribution in [0.5, 0.6) is 11.5 Å². The average molecular weight is 222 g/mol. The number of phenolic OH excluding ortho intramolecular Hbond substituents is 1. The summed E-state index contributed by atoms with van der Waals surface area (Å²) >= 11 is 0. The summed E-state index contributed by atoms with van der Waals surface area (Å²) < 4.78 is 10.3. The second-order valence-electron chi connectivity index (χ2n) is 3.36. The largest absolute Gasteiger partial charge is 0.508 e. The maximum atomic E-state index is 11.1. The Morgan fingerprint density at radius 3 is 2.69 bits per heavy atom. The third kappa shape index (κ3) is 1.37. The highest BCUT2D eigenvalue weighted by molar-refractivity contribution is 6.06. The Morgan fingerprint density at radius 2 is 2.12 bits per heavy atom. The van der Waals surface area contributed by atoms with Gasteiger partial charge in [-0.1, -0.05) is 0 Å². The van der Waals surface area contributed by atoms with Gasteiger partial charge in [-0.05, 0) is 6.92 Å². The van der Waals surface area contributed by atoms with Gasteiger partial charge in [0, 0.05) is 12.1 Å². The number of aryl methyl sites for hydroxylation is 1. The van der Waals surface area contributed by atoms with Crippen LogP contribution >= 0.6 is 0 Å². The highest BCUT2D eigenvalue weighted by Gasteiger charge is 2.21. The highest BCUT2D eigenvalue weighted by atomic mass is 16.5. The van der Waals surface area contributed by atoms with Gasteiger partial charge < -0.3 is 19.4 Å². The molecule has 1 aromatic carbocycles. The Morgan fingerprint density at radius 1 is 1.44 bits per heavy atom. The number of methoxy groups -OCH3 is 1. The maximum absolute atomic E-state index is 11.1. The minimum atomic E-state index is -1.08. The molecule has 0 aliphatic rings. The molecule has 0 amide bonds. The topological polar surface area (TPSA) is 79.9 Å². The molecular formula is C11H10O5. The lowest BCUT2D eigenvalue weighted by atomic mass is 10.1. The van der Waals surface area contributed by atoms with E-state index >= 15 is 0 Å². The van der Waals surface area contributed by atoms with Crippen molar-refractivity contribution in [1.82, 2.24) is 0 Å². The van der Waals surface area contributed by atoms with E-state index in [1.165, 1.54) is 19.2 Å². The molecule has 2 N–H and O–H groups in total. The zero-order valence-electron chi connectivity index (χ0n) is 8.77. The van der Waals surface area contributed by atoms with E-state index in [9.17, 15) is 9.90 Å². The zero-order chi connectivity index (χ0) is 11.9. The van der Waals surface area contributed by atoms with Gasteiger partial charge in [0.05, 0.1) is 12.5 Å². The molecule has 0 aliphatic heterocycles. The quantitative estimate of drug-likeness (QED) is 0.813. The molecule has 0 aliphatic carbocycles. The number of carboxylic acid groups (broad SMARTS) is 1. The fourth-order valence-electron chi connectivity index (χ4n) is 1.71. The molecule has 16 heavy (non-hydrogen) atoms. The number of hydrogen-bond acceptors (Lipinski definition) is 4. The minimum Gasteiger partial charge on any atom is -0.508 e. The standard InChI is InChI=1S/C11H10O5/c1-5-9(11(13)14)10-7(15-2)3-6(12)4-8(10)16-5/h3-4,12H,1-2H3,(H,13,14). The van der Waals surface area contributed by atoms with Crippen molar-refractivity contribution in [2.24, 2.45) is 0 Å². The average Bonchev–Trinajstić information content (AvgIpc) is 2.52. The van der Waals surface area contributed by atoms with Crippen molar-refractivity contribution in [3.8, 4) is 11.5 Å². The molecule has 1 heterocycles. The third-order valence-electron chi connectivity index (χ3n) is 2.35. The summed E-state index contributed by atoms with van der Waals surface area (Å²) in [5, 5.41) is 18.8. The molecule has 2 rings (SSSR count). The van der Waals surface area contributed by atoms with Gasteiger partial charge in [0.2, 0.25) is 0 Å². The number of aromatic hydroxyl groups is 1. The second-order valence-corrected chi connectivity index (χ2v) is 3.36. The van der Waals surface area contributed by atoms with E-state index in [0.717, 1.165) is 0 Å². The molecule has 2 aromatic rings. The molecule has 0 fully saturated rings. The summed E-state index contributed by atoms with van der Waals surface area (Å²) in [7, 11) is 1.40. The van der Waals surface area contributed by atoms with Gasteiger partial charge in [-0.15, -0.1) is 0 Å². The summed E-state index contributed by atoms with van der Waals surface area (Å²) in [5.74, 6) is -0.550. The molecule has 1 aromatic heterocycles. The maximum Gasteiger partial charge on any atom is 0.340 e. The Bertz CT molecular complexity index is 567. The number of benzene rings is 1. The second kappa shape index (κ2) is 3.44. The van der Waals surface area contributed by atoms with Crippen LogP contribution in [0, 0.1) is 6.92 Å². The first-order chi connectivity index (χ1) is 7.54. The normalized spacial score (nSPS) is 10.6. The van der Waals surface area contributed by atoms with Crippen molar-refractivity contribution in [3.63, 3.8) is 0 Å². The van der Waals surface area contributed by atoms with Crippen LogP contribution in [0.4, 0.5) is 0 Å². The van der Waals surface area contributed by atoms with Crippen LogP contribution in [0.1, 0.15) is 16.1 Å². The molecular weight excluding hydrogens is 212 g/mol. The molecule has 0 radical (unpaired) electrons. The first-order valence-corrected chi connectivity index (χ1v) is 4.58. The Labute approximate surface area is 90.9 Å². The summed E-state index contributed by atoms with van der Waals surface area (Å²) in [5.41, 5.74) is 0.360. The van der Waals surface area contributed by atoms with Gasteiger partial charge in [0.1, 0.15) is 28.4 Å². The van der Waals surface area contributed by atoms with Gasteiger partial charge in [0.15, 0.2) is 0 Å². The number of hydrogen-bond donors (Lipinski definition) is 2. The monoisotopic (exact) mass is 222 g/mol. The van der Waals surface area contributed by atoms with Crippen molar-refractivity contribution in [1.29, 1.82) is 0 Å². The number of carbonyl (C=O) groups is 1. The minimum absolute atomic E-state index is 0.0324. The van der Waals surface area contributed by atoms with E-state index in [2.05, 4.69) is 0 Å². The Kier molecular flexibility index (Phi) is 2.23. The molecule has 0 unspecified atom stereocenters. The predicted octanol–water partition coefficient (Wildman–Crippen LogP) is 2.15. The van der Waals surface area contributed by atoms with Gasteiger partial charge >= 0.3 is 5.97 Å². The van der Waals surface area contributed by atoms with Crippen LogP contribution in [0.25, 0.3) is 11.0 Å². The fourth-order valence-corrected chi connectivity index (χ4v) is 1.71. The van der Waals surface area contributed by atoms with E-state index in [-0.39, 0.29) is 22.8 Å². The summed E-state index contributed by atoms with van der Waals surface area (Å²) in [6.45, 7) is 1.56. The molecule has 5 heteroatoms. The zero-order valence-corrected chi connectivity index (χ0v) is 8.77. The van der Waals surface area contributed by atoms with E-state index in [0.29, 0.717) is 11.0 Å². The summed E-state index contributed by atoms with van der Waals surface area (Å²) in [6.07, 6.45) is 0. The van der Waals surface area contributed by atoms with E-state index in [1.54, 1.807) is 6.92 Å². The smallest absolute Gasteiger partial charge is 0.340 e. The van der Waals surface area contributed by atoms with Crippen LogP contribution in [0.2, 0.25) is 0 Å². The fraction of sp³-hybridized carbons (Fsp3) is 0.182. The van der Waals surface area contributed by atoms with E-state index in [1.807, 2.05) is 0 Å². The molecule has 5 nitrogen and oxygen atoms in total. The molecule has 0 spiro atoms. The van der Waals surface area contributed by atoms with Crippen molar-refractivity contribution in [2.75, 3.05) is 7.11 Å². The van der Waals surface area contributed by atoms with Gasteiger partial charge in [-0.2, -0.15) is 0 Å². The van der Waals surface area contributed by atoms with Crippen LogP contribution < -0.4 is 4.74 Å². The van der Waals surface area contributed by atoms with E-state index < -0.39 is 5.97 Å². The van der Waals surface area contributed by atoms with Crippen molar-refractivity contribution in [2.45, 2.75) is 6.92 Å². The number of carboxylic acids is 1. The first kappa shape index (κ1) is 10.4. The first-order valence-electron chi connectivity index (χ1n) is 4.58.